The molecule has 0 aromatic heterocycles. The highest BCUT2D eigenvalue weighted by atomic mass is 16.4. The minimum Gasteiger partial charge on any atom is -0.434 e. The number of benzene rings is 1. The predicted octanol–water partition coefficient (Wildman–Crippen LogP) is 0.236. The molecule has 0 amide bonds. The molecule has 1 nitrogen and oxygen atoms in total. The molecule has 50 valence electrons. The maximum atomic E-state index is 5.30. The molecule has 0 unspecified atom stereocenters. The van der Waals surface area contributed by atoms with Crippen LogP contribution in [-0.2, 0) is 11.1 Å². The predicted molar refractivity (Wildman–Crippen MR) is 42.9 cm³/mol. The van der Waals surface area contributed by atoms with E-state index >= 15 is 0 Å². The molecule has 10 heavy (non-hydrogen) atoms. The van der Waals surface area contributed by atoms with Gasteiger partial charge in [0.1, 0.15) is 0 Å². The van der Waals surface area contributed by atoms with E-state index in [2.05, 4.69) is 24.3 Å². The first kappa shape index (κ1) is 5.99. The summed E-state index contributed by atoms with van der Waals surface area (Å²) in [6.45, 7) is 0.886. The van der Waals surface area contributed by atoms with Gasteiger partial charge in [-0.25, -0.2) is 0 Å². The normalized spacial score (nSPS) is 15.6. The van der Waals surface area contributed by atoms with Crippen LogP contribution in [-0.4, -0.2) is 14.1 Å². The molecule has 1 aromatic rings. The Morgan fingerprint density at radius 1 is 1.30 bits per heavy atom. The summed E-state index contributed by atoms with van der Waals surface area (Å²) < 4.78 is 5.30. The Bertz CT molecular complexity index is 209. The highest BCUT2D eigenvalue weighted by Crippen LogP contribution is 2.01. The highest BCUT2D eigenvalue weighted by molar-refractivity contribution is 6.48. The van der Waals surface area contributed by atoms with Crippen molar-refractivity contribution in [2.24, 2.45) is 0 Å². The van der Waals surface area contributed by atoms with Gasteiger partial charge in [-0.3, -0.25) is 0 Å². The summed E-state index contributed by atoms with van der Waals surface area (Å²) in [7, 11) is 0.802. The van der Waals surface area contributed by atoms with Gasteiger partial charge in [-0.15, -0.1) is 0 Å². The van der Waals surface area contributed by atoms with Gasteiger partial charge < -0.3 is 4.65 Å². The summed E-state index contributed by atoms with van der Waals surface area (Å²) in [5.41, 5.74) is 2.81. The van der Waals surface area contributed by atoms with Crippen molar-refractivity contribution < 1.29 is 4.65 Å². The van der Waals surface area contributed by atoms with Gasteiger partial charge in [-0.05, 0) is 17.4 Å². The van der Waals surface area contributed by atoms with Crippen LogP contribution in [0.15, 0.2) is 24.3 Å². The Morgan fingerprint density at radius 2 is 2.20 bits per heavy atom. The molecule has 1 heterocycles. The number of hydrogen-bond acceptors (Lipinski definition) is 1. The minimum atomic E-state index is 0.802. The number of fused-ring (bicyclic) bond motifs is 1. The molecule has 0 radical (unpaired) electrons. The lowest BCUT2D eigenvalue weighted by Gasteiger charge is -2.13. The summed E-state index contributed by atoms with van der Waals surface area (Å²) >= 11 is 0. The van der Waals surface area contributed by atoms with Crippen LogP contribution in [0.2, 0.25) is 0 Å². The van der Waals surface area contributed by atoms with Crippen molar-refractivity contribution in [3.63, 3.8) is 0 Å². The molecule has 2 heteroatoms. The molecule has 1 aliphatic heterocycles. The van der Waals surface area contributed by atoms with Gasteiger partial charge >= 0.3 is 7.48 Å². The van der Waals surface area contributed by atoms with Crippen LogP contribution in [0, 0.1) is 0 Å². The van der Waals surface area contributed by atoms with Gasteiger partial charge in [0.25, 0.3) is 0 Å². The van der Waals surface area contributed by atoms with Crippen LogP contribution >= 0.6 is 0 Å². The fourth-order valence-electron chi connectivity index (χ4n) is 1.31. The molecule has 0 fully saturated rings. The summed E-state index contributed by atoms with van der Waals surface area (Å²) in [4.78, 5) is 0. The number of rotatable bonds is 0. The first-order valence-electron chi connectivity index (χ1n) is 3.61. The number of hydrogen-bond donors (Lipinski definition) is 0. The fourth-order valence-corrected chi connectivity index (χ4v) is 1.31. The van der Waals surface area contributed by atoms with E-state index in [1.54, 1.807) is 0 Å². The first-order valence-corrected chi connectivity index (χ1v) is 3.61. The Labute approximate surface area is 61.3 Å². The Morgan fingerprint density at radius 3 is 3.10 bits per heavy atom. The lowest BCUT2D eigenvalue weighted by Crippen LogP contribution is -2.28. The standard InChI is InChI=1S/C8H9BO/c1-2-4-8-7(3-1)5-6-10-9-8/h1-4,9H,5-6H2. The van der Waals surface area contributed by atoms with E-state index < -0.39 is 0 Å². The summed E-state index contributed by atoms with van der Waals surface area (Å²) in [5, 5.41) is 0. The molecule has 1 aromatic carbocycles. The molecule has 1 aliphatic rings. The third kappa shape index (κ3) is 0.950. The quantitative estimate of drug-likeness (QED) is 0.459. The van der Waals surface area contributed by atoms with Crippen LogP contribution in [0.25, 0.3) is 0 Å². The Kier molecular flexibility index (Phi) is 1.48. The van der Waals surface area contributed by atoms with E-state index in [1.165, 1.54) is 11.0 Å². The van der Waals surface area contributed by atoms with E-state index in [1.807, 2.05) is 0 Å². The average molecular weight is 132 g/mol. The van der Waals surface area contributed by atoms with E-state index in [-0.39, 0.29) is 0 Å². The van der Waals surface area contributed by atoms with Crippen molar-refractivity contribution >= 4 is 12.9 Å². The van der Waals surface area contributed by atoms with Gasteiger partial charge in [-0.2, -0.15) is 0 Å². The first-order chi connectivity index (χ1) is 4.97. The SMILES string of the molecule is B1OCCc2ccccc21. The van der Waals surface area contributed by atoms with Gasteiger partial charge in [0.2, 0.25) is 0 Å². The van der Waals surface area contributed by atoms with Crippen LogP contribution < -0.4 is 5.46 Å². The Balaban J connectivity index is 2.41. The smallest absolute Gasteiger partial charge is 0.308 e. The molecule has 0 N–H and O–H groups in total. The molecule has 0 aliphatic carbocycles. The summed E-state index contributed by atoms with van der Waals surface area (Å²) in [5.74, 6) is 0. The summed E-state index contributed by atoms with van der Waals surface area (Å²) in [6, 6.07) is 8.46. The van der Waals surface area contributed by atoms with Crippen LogP contribution in [0.4, 0.5) is 0 Å². The lowest BCUT2D eigenvalue weighted by molar-refractivity contribution is 0.339. The largest absolute Gasteiger partial charge is 0.434 e. The van der Waals surface area contributed by atoms with Crippen molar-refractivity contribution in [3.05, 3.63) is 29.8 Å². The zero-order chi connectivity index (χ0) is 6.81. The molecule has 0 saturated carbocycles. The van der Waals surface area contributed by atoms with Gasteiger partial charge in [0, 0.05) is 6.61 Å². The van der Waals surface area contributed by atoms with Gasteiger partial charge in [0.15, 0.2) is 0 Å². The maximum absolute atomic E-state index is 5.30. The molecule has 0 atom stereocenters. The van der Waals surface area contributed by atoms with Crippen molar-refractivity contribution in [2.75, 3.05) is 6.61 Å². The van der Waals surface area contributed by atoms with Gasteiger partial charge in [-0.1, -0.05) is 24.3 Å². The van der Waals surface area contributed by atoms with Crippen molar-refractivity contribution in [2.45, 2.75) is 6.42 Å². The van der Waals surface area contributed by atoms with Crippen LogP contribution in [0.5, 0.6) is 0 Å². The second-order valence-electron chi connectivity index (χ2n) is 2.57. The van der Waals surface area contributed by atoms with E-state index in [0.29, 0.717) is 0 Å². The van der Waals surface area contributed by atoms with Gasteiger partial charge in [0.05, 0.1) is 0 Å². The van der Waals surface area contributed by atoms with Crippen LogP contribution in [0.3, 0.4) is 0 Å². The minimum absolute atomic E-state index is 0.802. The average Bonchev–Trinajstić information content (AvgIpc) is 2.05. The van der Waals surface area contributed by atoms with E-state index in [4.69, 9.17) is 4.65 Å². The van der Waals surface area contributed by atoms with E-state index in [9.17, 15) is 0 Å². The highest BCUT2D eigenvalue weighted by Gasteiger charge is 2.08. The topological polar surface area (TPSA) is 9.23 Å². The third-order valence-corrected chi connectivity index (χ3v) is 1.89. The molecule has 2 rings (SSSR count). The lowest BCUT2D eigenvalue weighted by atomic mass is 9.81. The molecule has 0 bridgehead atoms. The third-order valence-electron chi connectivity index (χ3n) is 1.89. The Hall–Kier alpha value is -0.755. The van der Waals surface area contributed by atoms with Crippen molar-refractivity contribution in [1.29, 1.82) is 0 Å². The monoisotopic (exact) mass is 132 g/mol. The molecule has 0 saturated heterocycles. The molecule has 0 spiro atoms. The molecular formula is C8H9BO. The van der Waals surface area contributed by atoms with E-state index in [0.717, 1.165) is 20.5 Å². The second-order valence-corrected chi connectivity index (χ2v) is 2.57. The maximum Gasteiger partial charge on any atom is 0.308 e. The van der Waals surface area contributed by atoms with Crippen molar-refractivity contribution in [3.8, 4) is 0 Å². The fraction of sp³-hybridized carbons (Fsp3) is 0.250. The zero-order valence-corrected chi connectivity index (χ0v) is 5.84. The van der Waals surface area contributed by atoms with Crippen molar-refractivity contribution in [1.82, 2.24) is 0 Å². The summed E-state index contributed by atoms with van der Waals surface area (Å²) in [6.07, 6.45) is 1.08. The zero-order valence-electron chi connectivity index (χ0n) is 5.84. The molecular weight excluding hydrogens is 123 g/mol. The second kappa shape index (κ2) is 2.47. The van der Waals surface area contributed by atoms with Crippen LogP contribution in [0.1, 0.15) is 5.56 Å².